The normalized spacial score (nSPS) is 14.6. The van der Waals surface area contributed by atoms with E-state index in [1.165, 1.54) is 0 Å². The largest absolute Gasteiger partial charge is 0.356 e. The van der Waals surface area contributed by atoms with Gasteiger partial charge in [0.15, 0.2) is 15.4 Å². The lowest BCUT2D eigenvalue weighted by atomic mass is 10.2. The van der Waals surface area contributed by atoms with E-state index in [2.05, 4.69) is 24.8 Å². The van der Waals surface area contributed by atoms with Gasteiger partial charge in [-0.2, -0.15) is 0 Å². The molecule has 1 aromatic carbocycles. The van der Waals surface area contributed by atoms with Crippen molar-refractivity contribution in [1.29, 1.82) is 0 Å². The summed E-state index contributed by atoms with van der Waals surface area (Å²) < 4.78 is 30.1. The maximum Gasteiger partial charge on any atom is 0.167 e. The smallest absolute Gasteiger partial charge is 0.167 e. The maximum atomic E-state index is 12.5. The molecule has 0 spiro atoms. The van der Waals surface area contributed by atoms with Crippen molar-refractivity contribution in [2.75, 3.05) is 5.75 Å². The highest BCUT2D eigenvalue weighted by Gasteiger charge is 2.29. The Bertz CT molecular complexity index is 701. The second-order valence-corrected chi connectivity index (χ2v) is 14.4. The molecule has 1 heterocycles. The van der Waals surface area contributed by atoms with Crippen LogP contribution in [0.15, 0.2) is 28.8 Å². The highest BCUT2D eigenvalue weighted by molar-refractivity contribution is 7.91. The summed E-state index contributed by atoms with van der Waals surface area (Å²) in [4.78, 5) is 0. The third-order valence-corrected chi connectivity index (χ3v) is 7.65. The lowest BCUT2D eigenvalue weighted by Crippen LogP contribution is -2.25. The van der Waals surface area contributed by atoms with Crippen LogP contribution in [0.2, 0.25) is 25.7 Å². The molecular formula is C14H21NO3SSi. The van der Waals surface area contributed by atoms with Gasteiger partial charge in [0, 0.05) is 19.2 Å². The number of rotatable bonds is 5. The van der Waals surface area contributed by atoms with E-state index in [1.54, 1.807) is 13.0 Å². The van der Waals surface area contributed by atoms with E-state index in [1.807, 2.05) is 18.2 Å². The van der Waals surface area contributed by atoms with Crippen molar-refractivity contribution in [2.24, 2.45) is 0 Å². The Balaban J connectivity index is 2.28. The topological polar surface area (TPSA) is 60.2 Å². The van der Waals surface area contributed by atoms with Crippen LogP contribution >= 0.6 is 0 Å². The zero-order chi connectivity index (χ0) is 15.0. The second-order valence-electron chi connectivity index (χ2n) is 6.38. The summed E-state index contributed by atoms with van der Waals surface area (Å²) in [5, 5.41) is 4.13. The Morgan fingerprint density at radius 3 is 2.55 bits per heavy atom. The van der Waals surface area contributed by atoms with Crippen LogP contribution in [-0.2, 0) is 9.84 Å². The third-order valence-electron chi connectivity index (χ3n) is 3.47. The van der Waals surface area contributed by atoms with Crippen LogP contribution in [0.3, 0.4) is 0 Å². The number of para-hydroxylation sites is 1. The van der Waals surface area contributed by atoms with E-state index in [-0.39, 0.29) is 5.75 Å². The van der Waals surface area contributed by atoms with Crippen LogP contribution in [0.1, 0.15) is 17.9 Å². The van der Waals surface area contributed by atoms with Gasteiger partial charge < -0.3 is 4.52 Å². The third kappa shape index (κ3) is 3.30. The minimum Gasteiger partial charge on any atom is -0.356 e. The Hall–Kier alpha value is -1.14. The van der Waals surface area contributed by atoms with Gasteiger partial charge in [0.05, 0.1) is 0 Å². The summed E-state index contributed by atoms with van der Waals surface area (Å²) in [6.07, 6.45) is 0. The summed E-state index contributed by atoms with van der Waals surface area (Å²) in [7, 11) is -4.57. The van der Waals surface area contributed by atoms with E-state index in [4.69, 9.17) is 4.52 Å². The molecule has 1 atom stereocenters. The van der Waals surface area contributed by atoms with Crippen LogP contribution in [0.5, 0.6) is 0 Å². The molecule has 0 bridgehead atoms. The van der Waals surface area contributed by atoms with Crippen molar-refractivity contribution in [3.8, 4) is 0 Å². The number of fused-ring (bicyclic) bond motifs is 1. The lowest BCUT2D eigenvalue weighted by Gasteiger charge is -2.17. The number of nitrogens with zero attached hydrogens (tertiary/aromatic N) is 1. The molecule has 4 nitrogen and oxygen atoms in total. The molecule has 6 heteroatoms. The number of aromatic nitrogens is 1. The predicted molar refractivity (Wildman–Crippen MR) is 84.4 cm³/mol. The van der Waals surface area contributed by atoms with E-state index in [0.29, 0.717) is 11.3 Å². The molecule has 0 aliphatic rings. The van der Waals surface area contributed by atoms with Gasteiger partial charge in [-0.3, -0.25) is 0 Å². The van der Waals surface area contributed by atoms with E-state index in [9.17, 15) is 8.42 Å². The standard InChI is InChI=1S/C14H21NO3SSi/c1-11(19(16,17)9-10-20(2,3)4)14-12-7-5-6-8-13(12)18-15-14/h5-8,11H,9-10H2,1-4H3/t11-/m1/s1. The van der Waals surface area contributed by atoms with E-state index < -0.39 is 23.2 Å². The molecule has 0 unspecified atom stereocenters. The number of benzene rings is 1. The van der Waals surface area contributed by atoms with Crippen molar-refractivity contribution < 1.29 is 12.9 Å². The average molecular weight is 311 g/mol. The Kier molecular flexibility index (Phi) is 4.06. The SMILES string of the molecule is C[C@H](c1noc2ccccc12)S(=O)(=O)CC[Si](C)(C)C. The highest BCUT2D eigenvalue weighted by Crippen LogP contribution is 2.29. The molecule has 0 aliphatic carbocycles. The molecule has 1 aromatic heterocycles. The van der Waals surface area contributed by atoms with Crippen LogP contribution in [-0.4, -0.2) is 27.4 Å². The first-order valence-electron chi connectivity index (χ1n) is 6.76. The second kappa shape index (κ2) is 5.33. The molecule has 0 fully saturated rings. The first-order chi connectivity index (χ1) is 9.21. The molecule has 20 heavy (non-hydrogen) atoms. The van der Waals surface area contributed by atoms with E-state index >= 15 is 0 Å². The number of sulfone groups is 1. The van der Waals surface area contributed by atoms with Crippen LogP contribution in [0.25, 0.3) is 11.0 Å². The molecule has 0 aliphatic heterocycles. The summed E-state index contributed by atoms with van der Waals surface area (Å²) in [5.41, 5.74) is 1.16. The molecule has 2 aromatic rings. The van der Waals surface area contributed by atoms with Gasteiger partial charge >= 0.3 is 0 Å². The maximum absolute atomic E-state index is 12.5. The average Bonchev–Trinajstić information content (AvgIpc) is 2.78. The number of hydrogen-bond donors (Lipinski definition) is 0. The fourth-order valence-corrected chi connectivity index (χ4v) is 6.45. The van der Waals surface area contributed by atoms with Crippen LogP contribution in [0.4, 0.5) is 0 Å². The first kappa shape index (κ1) is 15.2. The van der Waals surface area contributed by atoms with Gasteiger partial charge in [0.2, 0.25) is 0 Å². The predicted octanol–water partition coefficient (Wildman–Crippen LogP) is 3.64. The molecule has 2 rings (SSSR count). The van der Waals surface area contributed by atoms with Gasteiger partial charge in [-0.25, -0.2) is 8.42 Å². The molecule has 110 valence electrons. The van der Waals surface area contributed by atoms with Gasteiger partial charge in [-0.1, -0.05) is 36.9 Å². The minimum atomic E-state index is -3.20. The van der Waals surface area contributed by atoms with Crippen molar-refractivity contribution >= 4 is 28.9 Å². The van der Waals surface area contributed by atoms with Gasteiger partial charge in [-0.15, -0.1) is 0 Å². The lowest BCUT2D eigenvalue weighted by molar-refractivity contribution is 0.444. The fraction of sp³-hybridized carbons (Fsp3) is 0.500. The monoisotopic (exact) mass is 311 g/mol. The Labute approximate surface area is 121 Å². The van der Waals surface area contributed by atoms with E-state index in [0.717, 1.165) is 11.4 Å². The van der Waals surface area contributed by atoms with Crippen LogP contribution in [0, 0.1) is 0 Å². The first-order valence-corrected chi connectivity index (χ1v) is 12.2. The number of hydrogen-bond acceptors (Lipinski definition) is 4. The molecule has 0 N–H and O–H groups in total. The Morgan fingerprint density at radius 1 is 1.25 bits per heavy atom. The zero-order valence-electron chi connectivity index (χ0n) is 12.4. The highest BCUT2D eigenvalue weighted by atomic mass is 32.2. The summed E-state index contributed by atoms with van der Waals surface area (Å²) in [6.45, 7) is 8.24. The van der Waals surface area contributed by atoms with Crippen molar-refractivity contribution in [2.45, 2.75) is 37.9 Å². The van der Waals surface area contributed by atoms with Crippen LogP contribution < -0.4 is 0 Å². The molecular weight excluding hydrogens is 290 g/mol. The minimum absolute atomic E-state index is 0.227. The molecule has 0 saturated carbocycles. The van der Waals surface area contributed by atoms with Crippen molar-refractivity contribution in [3.63, 3.8) is 0 Å². The fourth-order valence-electron chi connectivity index (χ4n) is 1.99. The molecule has 0 saturated heterocycles. The van der Waals surface area contributed by atoms with Crippen molar-refractivity contribution in [3.05, 3.63) is 30.0 Å². The Morgan fingerprint density at radius 2 is 1.90 bits per heavy atom. The zero-order valence-corrected chi connectivity index (χ0v) is 14.2. The summed E-state index contributed by atoms with van der Waals surface area (Å²) in [6, 6.07) is 8.14. The summed E-state index contributed by atoms with van der Waals surface area (Å²) in [5.74, 6) is 0.227. The molecule has 0 radical (unpaired) electrons. The quantitative estimate of drug-likeness (QED) is 0.791. The van der Waals surface area contributed by atoms with Gasteiger partial charge in [-0.05, 0) is 25.1 Å². The summed E-state index contributed by atoms with van der Waals surface area (Å²) >= 11 is 0. The van der Waals surface area contributed by atoms with Gasteiger partial charge in [0.25, 0.3) is 0 Å². The van der Waals surface area contributed by atoms with Gasteiger partial charge in [0.1, 0.15) is 10.9 Å². The molecule has 0 amide bonds. The van der Waals surface area contributed by atoms with Crippen molar-refractivity contribution in [1.82, 2.24) is 5.16 Å².